The average molecular weight is 286 g/mol. The molecule has 3 fully saturated rings. The maximum atomic E-state index is 5.64. The van der Waals surface area contributed by atoms with Crippen LogP contribution in [0.5, 0.6) is 0 Å². The molecule has 2 atom stereocenters. The molecule has 3 heteroatoms. The Labute approximate surface area is 127 Å². The number of hydrogen-bond donors (Lipinski definition) is 1. The number of hydrogen-bond acceptors (Lipinski definition) is 3. The largest absolute Gasteiger partial charge is 0.301 e. The quantitative estimate of drug-likeness (QED) is 0.904. The van der Waals surface area contributed by atoms with Crippen LogP contribution in [0, 0.1) is 11.3 Å². The van der Waals surface area contributed by atoms with E-state index in [2.05, 4.69) is 40.7 Å². The molecule has 4 rings (SSSR count). The van der Waals surface area contributed by atoms with Crippen LogP contribution in [0.15, 0.2) is 30.3 Å². The summed E-state index contributed by atoms with van der Waals surface area (Å²) in [7, 11) is 0. The zero-order valence-electron chi connectivity index (χ0n) is 12.8. The van der Waals surface area contributed by atoms with E-state index in [0.717, 1.165) is 13.2 Å². The van der Waals surface area contributed by atoms with Crippen molar-refractivity contribution < 1.29 is 4.84 Å². The average Bonchev–Trinajstić information content (AvgIpc) is 2.99. The molecule has 21 heavy (non-hydrogen) atoms. The number of nitrogens with one attached hydrogen (secondary N) is 1. The minimum absolute atomic E-state index is 0.451. The third-order valence-electron chi connectivity index (χ3n) is 5.77. The summed E-state index contributed by atoms with van der Waals surface area (Å²) in [5, 5.41) is 0. The van der Waals surface area contributed by atoms with Gasteiger partial charge in [0.2, 0.25) is 0 Å². The van der Waals surface area contributed by atoms with E-state index in [1.54, 1.807) is 0 Å². The molecule has 2 heterocycles. The first kappa shape index (κ1) is 13.7. The molecule has 114 valence electrons. The standard InChI is InChI=1S/C18H26N2O/c1-3-7-15(8-4-1)11-20-12-16-13-21-19-17(16)18(14-20)9-5-2-6-10-18/h1,3-4,7-8,16-17,19H,2,5-6,9-14H2/t16-,17+/m0/s1. The van der Waals surface area contributed by atoms with E-state index in [4.69, 9.17) is 4.84 Å². The molecule has 0 amide bonds. The number of nitrogens with zero attached hydrogens (tertiary/aromatic N) is 1. The van der Waals surface area contributed by atoms with Gasteiger partial charge in [0.05, 0.1) is 6.61 Å². The molecule has 1 N–H and O–H groups in total. The van der Waals surface area contributed by atoms with Gasteiger partial charge in [0, 0.05) is 37.0 Å². The molecule has 1 aromatic carbocycles. The fourth-order valence-electron chi connectivity index (χ4n) is 4.85. The monoisotopic (exact) mass is 286 g/mol. The Balaban J connectivity index is 1.54. The van der Waals surface area contributed by atoms with Crippen LogP contribution in [0.25, 0.3) is 0 Å². The van der Waals surface area contributed by atoms with Crippen molar-refractivity contribution in [1.29, 1.82) is 0 Å². The van der Waals surface area contributed by atoms with Gasteiger partial charge in [-0.15, -0.1) is 0 Å². The SMILES string of the molecule is c1ccc(CN2C[C@H]3CON[C@H]3C3(CCCCC3)C2)cc1. The molecule has 0 aromatic heterocycles. The van der Waals surface area contributed by atoms with E-state index in [1.165, 1.54) is 50.8 Å². The van der Waals surface area contributed by atoms with Crippen LogP contribution in [-0.2, 0) is 11.4 Å². The topological polar surface area (TPSA) is 24.5 Å². The summed E-state index contributed by atoms with van der Waals surface area (Å²) >= 11 is 0. The van der Waals surface area contributed by atoms with Crippen molar-refractivity contribution in [2.45, 2.75) is 44.7 Å². The van der Waals surface area contributed by atoms with Gasteiger partial charge in [0.1, 0.15) is 0 Å². The van der Waals surface area contributed by atoms with Crippen LogP contribution in [0.4, 0.5) is 0 Å². The number of benzene rings is 1. The van der Waals surface area contributed by atoms with Crippen LogP contribution >= 0.6 is 0 Å². The van der Waals surface area contributed by atoms with Crippen molar-refractivity contribution in [3.63, 3.8) is 0 Å². The van der Waals surface area contributed by atoms with Gasteiger partial charge < -0.3 is 4.84 Å². The number of rotatable bonds is 2. The lowest BCUT2D eigenvalue weighted by Crippen LogP contribution is -2.59. The zero-order valence-corrected chi connectivity index (χ0v) is 12.8. The Morgan fingerprint density at radius 1 is 1.14 bits per heavy atom. The normalized spacial score (nSPS) is 32.2. The Morgan fingerprint density at radius 2 is 1.95 bits per heavy atom. The third-order valence-corrected chi connectivity index (χ3v) is 5.77. The maximum absolute atomic E-state index is 5.64. The zero-order chi connectivity index (χ0) is 14.1. The fourth-order valence-corrected chi connectivity index (χ4v) is 4.85. The lowest BCUT2D eigenvalue weighted by Gasteiger charge is -2.51. The third kappa shape index (κ3) is 2.63. The summed E-state index contributed by atoms with van der Waals surface area (Å²) in [5.74, 6) is 0.667. The number of hydroxylamine groups is 1. The van der Waals surface area contributed by atoms with Gasteiger partial charge in [-0.3, -0.25) is 4.90 Å². The highest BCUT2D eigenvalue weighted by Gasteiger charge is 2.50. The maximum Gasteiger partial charge on any atom is 0.0738 e. The molecule has 3 nitrogen and oxygen atoms in total. The first-order valence-electron chi connectivity index (χ1n) is 8.49. The number of likely N-dealkylation sites (tertiary alicyclic amines) is 1. The van der Waals surface area contributed by atoms with E-state index in [-0.39, 0.29) is 0 Å². The van der Waals surface area contributed by atoms with Gasteiger partial charge in [0.15, 0.2) is 0 Å². The number of fused-ring (bicyclic) bond motifs is 2. The van der Waals surface area contributed by atoms with Crippen molar-refractivity contribution in [3.05, 3.63) is 35.9 Å². The van der Waals surface area contributed by atoms with Gasteiger partial charge in [-0.2, -0.15) is 5.48 Å². The Hall–Kier alpha value is -0.900. The van der Waals surface area contributed by atoms with E-state index < -0.39 is 0 Å². The first-order chi connectivity index (χ1) is 10.4. The highest BCUT2D eigenvalue weighted by molar-refractivity contribution is 5.15. The summed E-state index contributed by atoms with van der Waals surface area (Å²) < 4.78 is 0. The van der Waals surface area contributed by atoms with E-state index in [9.17, 15) is 0 Å². The highest BCUT2D eigenvalue weighted by Crippen LogP contribution is 2.46. The molecule has 1 aliphatic carbocycles. The Kier molecular flexibility index (Phi) is 3.74. The van der Waals surface area contributed by atoms with Crippen molar-refractivity contribution in [1.82, 2.24) is 10.4 Å². The molecular formula is C18H26N2O. The molecule has 0 radical (unpaired) electrons. The van der Waals surface area contributed by atoms with Crippen LogP contribution in [0.2, 0.25) is 0 Å². The van der Waals surface area contributed by atoms with Gasteiger partial charge in [-0.25, -0.2) is 0 Å². The Morgan fingerprint density at radius 3 is 2.76 bits per heavy atom. The predicted molar refractivity (Wildman–Crippen MR) is 83.6 cm³/mol. The second-order valence-corrected chi connectivity index (χ2v) is 7.24. The van der Waals surface area contributed by atoms with E-state index >= 15 is 0 Å². The first-order valence-corrected chi connectivity index (χ1v) is 8.49. The summed E-state index contributed by atoms with van der Waals surface area (Å²) in [6, 6.07) is 11.5. The smallest absolute Gasteiger partial charge is 0.0738 e. The molecular weight excluding hydrogens is 260 g/mol. The molecule has 3 aliphatic rings. The fraction of sp³-hybridized carbons (Fsp3) is 0.667. The van der Waals surface area contributed by atoms with Gasteiger partial charge in [0.25, 0.3) is 0 Å². The molecule has 0 bridgehead atoms. The minimum Gasteiger partial charge on any atom is -0.301 e. The molecule has 1 spiro atoms. The highest BCUT2D eigenvalue weighted by atomic mass is 16.7. The Bertz CT molecular complexity index is 469. The summed E-state index contributed by atoms with van der Waals surface area (Å²) in [6.07, 6.45) is 6.94. The van der Waals surface area contributed by atoms with Gasteiger partial charge >= 0.3 is 0 Å². The molecule has 2 aliphatic heterocycles. The van der Waals surface area contributed by atoms with Crippen molar-refractivity contribution in [2.75, 3.05) is 19.7 Å². The summed E-state index contributed by atoms with van der Waals surface area (Å²) in [4.78, 5) is 8.32. The van der Waals surface area contributed by atoms with E-state index in [0.29, 0.717) is 17.4 Å². The lowest BCUT2D eigenvalue weighted by atomic mass is 9.64. The van der Waals surface area contributed by atoms with E-state index in [1.807, 2.05) is 0 Å². The molecule has 1 saturated carbocycles. The van der Waals surface area contributed by atoms with Crippen molar-refractivity contribution >= 4 is 0 Å². The summed E-state index contributed by atoms with van der Waals surface area (Å²) in [5.41, 5.74) is 5.27. The van der Waals surface area contributed by atoms with Crippen LogP contribution in [-0.4, -0.2) is 30.6 Å². The molecule has 1 aromatic rings. The van der Waals surface area contributed by atoms with Crippen LogP contribution < -0.4 is 5.48 Å². The van der Waals surface area contributed by atoms with Crippen molar-refractivity contribution in [2.24, 2.45) is 11.3 Å². The molecule has 2 saturated heterocycles. The number of piperidine rings is 1. The van der Waals surface area contributed by atoms with Crippen LogP contribution in [0.3, 0.4) is 0 Å². The minimum atomic E-state index is 0.451. The van der Waals surface area contributed by atoms with Gasteiger partial charge in [-0.1, -0.05) is 49.6 Å². The predicted octanol–water partition coefficient (Wildman–Crippen LogP) is 2.97. The van der Waals surface area contributed by atoms with Gasteiger partial charge in [-0.05, 0) is 18.4 Å². The molecule has 0 unspecified atom stereocenters. The second-order valence-electron chi connectivity index (χ2n) is 7.24. The van der Waals surface area contributed by atoms with Crippen LogP contribution in [0.1, 0.15) is 37.7 Å². The summed E-state index contributed by atoms with van der Waals surface area (Å²) in [6.45, 7) is 4.39. The second kappa shape index (κ2) is 5.71. The lowest BCUT2D eigenvalue weighted by molar-refractivity contribution is -0.0153. The van der Waals surface area contributed by atoms with Crippen molar-refractivity contribution in [3.8, 4) is 0 Å².